The van der Waals surface area contributed by atoms with Crippen molar-refractivity contribution < 1.29 is 19.6 Å². The summed E-state index contributed by atoms with van der Waals surface area (Å²) in [6.45, 7) is 1.31. The molecule has 2 N–H and O–H groups in total. The predicted molar refractivity (Wildman–Crippen MR) is 67.6 cm³/mol. The van der Waals surface area contributed by atoms with Gasteiger partial charge in [-0.1, -0.05) is 12.1 Å². The third-order valence-electron chi connectivity index (χ3n) is 3.22. The zero-order valence-electron chi connectivity index (χ0n) is 10.2. The molecule has 1 aromatic carbocycles. The van der Waals surface area contributed by atoms with Crippen LogP contribution >= 0.6 is 0 Å². The van der Waals surface area contributed by atoms with Crippen molar-refractivity contribution in [3.8, 4) is 0 Å². The molecule has 1 aliphatic heterocycles. The Hall–Kier alpha value is -1.37. The maximum atomic E-state index is 12.1. The highest BCUT2D eigenvalue weighted by atomic mass is 16.5. The van der Waals surface area contributed by atoms with Gasteiger partial charge in [-0.25, -0.2) is 0 Å². The van der Waals surface area contributed by atoms with Gasteiger partial charge in [0.1, 0.15) is 0 Å². The Balaban J connectivity index is 2.05. The first kappa shape index (κ1) is 13.1. The van der Waals surface area contributed by atoms with E-state index in [9.17, 15) is 4.79 Å². The van der Waals surface area contributed by atoms with Crippen molar-refractivity contribution in [2.24, 2.45) is 0 Å². The molecule has 0 bridgehead atoms. The predicted octanol–water partition coefficient (Wildman–Crippen LogP) is -0.773. The molecule has 0 unspecified atom stereocenters. The van der Waals surface area contributed by atoms with E-state index in [-0.39, 0.29) is 12.0 Å². The molecule has 5 nitrogen and oxygen atoms in total. The number of hydrogen-bond donors (Lipinski definition) is 2. The van der Waals surface area contributed by atoms with Gasteiger partial charge in [-0.2, -0.15) is 0 Å². The molecule has 1 aromatic rings. The fourth-order valence-corrected chi connectivity index (χ4v) is 2.09. The van der Waals surface area contributed by atoms with Gasteiger partial charge in [0.2, 0.25) is 0 Å². The summed E-state index contributed by atoms with van der Waals surface area (Å²) in [6.07, 6.45) is 0.975. The number of carbonyl (C=O) groups is 1. The number of benzene rings is 1. The van der Waals surface area contributed by atoms with Gasteiger partial charge in [-0.15, -0.1) is 0 Å². The second-order valence-corrected chi connectivity index (χ2v) is 4.39. The third kappa shape index (κ3) is 2.72. The van der Waals surface area contributed by atoms with Crippen LogP contribution in [0.2, 0.25) is 0 Å². The lowest BCUT2D eigenvalue weighted by Gasteiger charge is -2.16. The van der Waals surface area contributed by atoms with Crippen molar-refractivity contribution in [3.63, 3.8) is 0 Å². The van der Waals surface area contributed by atoms with E-state index in [0.717, 1.165) is 6.42 Å². The first-order chi connectivity index (χ1) is 8.61. The summed E-state index contributed by atoms with van der Waals surface area (Å²) in [4.78, 5) is 13.9. The fourth-order valence-electron chi connectivity index (χ4n) is 2.09. The summed E-state index contributed by atoms with van der Waals surface area (Å²) >= 11 is 0. The summed E-state index contributed by atoms with van der Waals surface area (Å²) in [5.41, 5.74) is 0.930. The van der Waals surface area contributed by atoms with Crippen LogP contribution in [0, 0.1) is 0 Å². The lowest BCUT2D eigenvalue weighted by atomic mass is 9.80. The summed E-state index contributed by atoms with van der Waals surface area (Å²) in [6, 6.07) is 6.30. The van der Waals surface area contributed by atoms with Crippen molar-refractivity contribution in [3.05, 3.63) is 29.8 Å². The summed E-state index contributed by atoms with van der Waals surface area (Å²) in [5, 5.41) is 18.0. The summed E-state index contributed by atoms with van der Waals surface area (Å²) < 4.78 is 5.22. The SMILES string of the molecule is CO[C@H]1CCN(C(=O)c2ccc(B(O)O)cc2)C1. The van der Waals surface area contributed by atoms with Crippen molar-refractivity contribution in [1.82, 2.24) is 4.90 Å². The van der Waals surface area contributed by atoms with Gasteiger partial charge in [0, 0.05) is 25.8 Å². The number of carbonyl (C=O) groups excluding carboxylic acids is 1. The lowest BCUT2D eigenvalue weighted by Crippen LogP contribution is -2.32. The second-order valence-electron chi connectivity index (χ2n) is 4.39. The molecular formula is C12H16BNO4. The van der Waals surface area contributed by atoms with Crippen LogP contribution in [0.1, 0.15) is 16.8 Å². The molecular weight excluding hydrogens is 233 g/mol. The van der Waals surface area contributed by atoms with E-state index in [1.54, 1.807) is 36.3 Å². The zero-order chi connectivity index (χ0) is 13.1. The number of ether oxygens (including phenoxy) is 1. The molecule has 0 saturated carbocycles. The van der Waals surface area contributed by atoms with Crippen LogP contribution < -0.4 is 5.46 Å². The van der Waals surface area contributed by atoms with Gasteiger partial charge in [-0.3, -0.25) is 4.79 Å². The number of hydrogen-bond acceptors (Lipinski definition) is 4. The molecule has 1 amide bonds. The molecule has 1 fully saturated rings. The molecule has 1 heterocycles. The maximum absolute atomic E-state index is 12.1. The Morgan fingerprint density at radius 3 is 2.56 bits per heavy atom. The molecule has 18 heavy (non-hydrogen) atoms. The van der Waals surface area contributed by atoms with Crippen LogP contribution in [0.25, 0.3) is 0 Å². The molecule has 0 radical (unpaired) electrons. The average Bonchev–Trinajstić information content (AvgIpc) is 2.86. The molecule has 6 heteroatoms. The highest BCUT2D eigenvalue weighted by molar-refractivity contribution is 6.58. The maximum Gasteiger partial charge on any atom is 0.488 e. The molecule has 0 aromatic heterocycles. The standard InChI is InChI=1S/C12H16BNO4/c1-18-11-6-7-14(8-11)12(15)9-2-4-10(5-3-9)13(16)17/h2-5,11,16-17H,6-8H2,1H3/t11-/m0/s1. The number of nitrogens with zero attached hydrogens (tertiary/aromatic N) is 1. The van der Waals surface area contributed by atoms with E-state index in [1.165, 1.54) is 0 Å². The molecule has 0 aliphatic carbocycles. The van der Waals surface area contributed by atoms with Gasteiger partial charge >= 0.3 is 7.12 Å². The third-order valence-corrected chi connectivity index (χ3v) is 3.22. The van der Waals surface area contributed by atoms with Crippen LogP contribution in [0.15, 0.2) is 24.3 Å². The minimum Gasteiger partial charge on any atom is -0.423 e. The minimum atomic E-state index is -1.50. The van der Waals surface area contributed by atoms with Crippen LogP contribution in [0.3, 0.4) is 0 Å². The molecule has 96 valence electrons. The Morgan fingerprint density at radius 1 is 1.39 bits per heavy atom. The monoisotopic (exact) mass is 249 g/mol. The first-order valence-corrected chi connectivity index (χ1v) is 5.90. The van der Waals surface area contributed by atoms with Crippen molar-refractivity contribution >= 4 is 18.5 Å². The number of rotatable bonds is 3. The van der Waals surface area contributed by atoms with Crippen molar-refractivity contribution in [2.45, 2.75) is 12.5 Å². The van der Waals surface area contributed by atoms with Crippen LogP contribution in [-0.4, -0.2) is 54.3 Å². The fraction of sp³-hybridized carbons (Fsp3) is 0.417. The van der Waals surface area contributed by atoms with Gasteiger partial charge in [0.15, 0.2) is 0 Å². The molecule has 1 atom stereocenters. The Bertz CT molecular complexity index is 421. The van der Waals surface area contributed by atoms with Crippen LogP contribution in [0.5, 0.6) is 0 Å². The highest BCUT2D eigenvalue weighted by Crippen LogP contribution is 2.15. The average molecular weight is 249 g/mol. The second kappa shape index (κ2) is 5.52. The van der Waals surface area contributed by atoms with Crippen molar-refractivity contribution in [1.29, 1.82) is 0 Å². The van der Waals surface area contributed by atoms with E-state index in [2.05, 4.69) is 0 Å². The van der Waals surface area contributed by atoms with Crippen LogP contribution in [0.4, 0.5) is 0 Å². The summed E-state index contributed by atoms with van der Waals surface area (Å²) in [7, 11) is 0.148. The number of amides is 1. The Morgan fingerprint density at radius 2 is 2.06 bits per heavy atom. The Labute approximate surface area is 106 Å². The van der Waals surface area contributed by atoms with Gasteiger partial charge in [-0.05, 0) is 24.0 Å². The Kier molecular flexibility index (Phi) is 4.01. The first-order valence-electron chi connectivity index (χ1n) is 5.90. The lowest BCUT2D eigenvalue weighted by molar-refractivity contribution is 0.0724. The van der Waals surface area contributed by atoms with E-state index in [4.69, 9.17) is 14.8 Å². The van der Waals surface area contributed by atoms with Crippen molar-refractivity contribution in [2.75, 3.05) is 20.2 Å². The van der Waals surface area contributed by atoms with E-state index < -0.39 is 7.12 Å². The quantitative estimate of drug-likeness (QED) is 0.690. The highest BCUT2D eigenvalue weighted by Gasteiger charge is 2.26. The number of methoxy groups -OCH3 is 1. The smallest absolute Gasteiger partial charge is 0.423 e. The molecule has 1 aliphatic rings. The molecule has 0 spiro atoms. The van der Waals surface area contributed by atoms with Gasteiger partial charge < -0.3 is 19.7 Å². The zero-order valence-corrected chi connectivity index (χ0v) is 10.2. The van der Waals surface area contributed by atoms with E-state index in [0.29, 0.717) is 24.1 Å². The largest absolute Gasteiger partial charge is 0.488 e. The minimum absolute atomic E-state index is 0.0477. The van der Waals surface area contributed by atoms with Crippen LogP contribution in [-0.2, 0) is 4.74 Å². The normalized spacial score (nSPS) is 19.1. The number of likely N-dealkylation sites (tertiary alicyclic amines) is 1. The topological polar surface area (TPSA) is 70.0 Å². The van der Waals surface area contributed by atoms with E-state index in [1.807, 2.05) is 0 Å². The summed E-state index contributed by atoms with van der Waals surface area (Å²) in [5.74, 6) is -0.0477. The molecule has 1 saturated heterocycles. The van der Waals surface area contributed by atoms with E-state index >= 15 is 0 Å². The van der Waals surface area contributed by atoms with Gasteiger partial charge in [0.25, 0.3) is 5.91 Å². The van der Waals surface area contributed by atoms with Gasteiger partial charge in [0.05, 0.1) is 6.10 Å². The molecule has 2 rings (SSSR count).